The molecule has 0 radical (unpaired) electrons. The summed E-state index contributed by atoms with van der Waals surface area (Å²) in [6.07, 6.45) is 6.15. The van der Waals surface area contributed by atoms with Gasteiger partial charge in [0, 0.05) is 0 Å². The quantitative estimate of drug-likeness (QED) is 0.660. The van der Waals surface area contributed by atoms with Crippen molar-refractivity contribution in [3.63, 3.8) is 0 Å². The van der Waals surface area contributed by atoms with Gasteiger partial charge in [-0.15, -0.1) is 0 Å². The minimum absolute atomic E-state index is 0.393. The first-order chi connectivity index (χ1) is 12.5. The fourth-order valence-corrected chi connectivity index (χ4v) is 4.77. The van der Waals surface area contributed by atoms with E-state index in [2.05, 4.69) is 62.4 Å². The summed E-state index contributed by atoms with van der Waals surface area (Å²) in [6.45, 7) is 4.82. The molecule has 26 heavy (non-hydrogen) atoms. The van der Waals surface area contributed by atoms with E-state index < -0.39 is 0 Å². The molecule has 2 aliphatic carbocycles. The topological polar surface area (TPSA) is 18.5 Å². The number of hydrogen-bond acceptors (Lipinski definition) is 2. The fraction of sp³-hybridized carbons (Fsp3) is 0.417. The summed E-state index contributed by atoms with van der Waals surface area (Å²) in [5, 5.41) is 0. The van der Waals surface area contributed by atoms with Crippen molar-refractivity contribution in [1.29, 1.82) is 0 Å². The van der Waals surface area contributed by atoms with Crippen molar-refractivity contribution in [2.45, 2.75) is 39.0 Å². The second-order valence-corrected chi connectivity index (χ2v) is 8.44. The third-order valence-electron chi connectivity index (χ3n) is 6.22. The van der Waals surface area contributed by atoms with Gasteiger partial charge < -0.3 is 9.47 Å². The number of fused-ring (bicyclic) bond motifs is 3. The standard InChI is InChI=1S/C24H28O2/c1-24(2)12-11-20-21(16-5-8-18(25-3)9-6-16)13-17-7-10-19(26-4)14-22(17)23(20)15-24/h5-10,13-14,20,23H,11-12,15H2,1-4H3/t20-,23-/m1/s1. The Morgan fingerprint density at radius 3 is 2.27 bits per heavy atom. The summed E-state index contributed by atoms with van der Waals surface area (Å²) in [5.74, 6) is 3.02. The lowest BCUT2D eigenvalue weighted by Crippen LogP contribution is -2.31. The van der Waals surface area contributed by atoms with E-state index >= 15 is 0 Å². The van der Waals surface area contributed by atoms with Crippen molar-refractivity contribution < 1.29 is 9.47 Å². The van der Waals surface area contributed by atoms with Crippen molar-refractivity contribution >= 4 is 11.6 Å². The van der Waals surface area contributed by atoms with Gasteiger partial charge in [-0.2, -0.15) is 0 Å². The molecule has 0 aromatic heterocycles. The predicted molar refractivity (Wildman–Crippen MR) is 108 cm³/mol. The lowest BCUT2D eigenvalue weighted by molar-refractivity contribution is 0.188. The molecule has 0 amide bonds. The molecular formula is C24H28O2. The minimum Gasteiger partial charge on any atom is -0.497 e. The Morgan fingerprint density at radius 1 is 0.885 bits per heavy atom. The Hall–Kier alpha value is -2.22. The molecule has 0 heterocycles. The zero-order chi connectivity index (χ0) is 18.3. The van der Waals surface area contributed by atoms with Gasteiger partial charge in [0.2, 0.25) is 0 Å². The van der Waals surface area contributed by atoms with Crippen LogP contribution in [-0.4, -0.2) is 14.2 Å². The van der Waals surface area contributed by atoms with Gasteiger partial charge in [0.15, 0.2) is 0 Å². The van der Waals surface area contributed by atoms with Crippen LogP contribution in [0, 0.1) is 11.3 Å². The molecule has 2 aromatic carbocycles. The second kappa shape index (κ2) is 6.50. The Balaban J connectivity index is 1.81. The molecule has 0 N–H and O–H groups in total. The first kappa shape index (κ1) is 17.2. The van der Waals surface area contributed by atoms with E-state index in [4.69, 9.17) is 9.47 Å². The zero-order valence-corrected chi connectivity index (χ0v) is 16.2. The van der Waals surface area contributed by atoms with E-state index in [1.165, 1.54) is 41.5 Å². The molecule has 2 atom stereocenters. The number of allylic oxidation sites excluding steroid dienone is 1. The predicted octanol–water partition coefficient (Wildman–Crippen LogP) is 6.17. The van der Waals surface area contributed by atoms with Crippen LogP contribution in [-0.2, 0) is 0 Å². The van der Waals surface area contributed by atoms with Crippen LogP contribution in [0.15, 0.2) is 42.5 Å². The van der Waals surface area contributed by atoms with Crippen molar-refractivity contribution in [2.24, 2.45) is 11.3 Å². The summed E-state index contributed by atoms with van der Waals surface area (Å²) in [6, 6.07) is 15.1. The summed E-state index contributed by atoms with van der Waals surface area (Å²) in [4.78, 5) is 0. The number of methoxy groups -OCH3 is 2. The molecule has 136 valence electrons. The molecule has 4 rings (SSSR count). The van der Waals surface area contributed by atoms with Crippen molar-refractivity contribution in [2.75, 3.05) is 14.2 Å². The molecule has 2 aliphatic rings. The van der Waals surface area contributed by atoms with E-state index in [0.29, 0.717) is 17.3 Å². The fourth-order valence-electron chi connectivity index (χ4n) is 4.77. The lowest BCUT2D eigenvalue weighted by Gasteiger charge is -2.44. The minimum atomic E-state index is 0.393. The number of ether oxygens (including phenoxy) is 2. The number of benzene rings is 2. The maximum Gasteiger partial charge on any atom is 0.119 e. The molecule has 1 fully saturated rings. The highest BCUT2D eigenvalue weighted by Gasteiger charge is 2.40. The smallest absolute Gasteiger partial charge is 0.119 e. The lowest BCUT2D eigenvalue weighted by atomic mass is 9.60. The summed E-state index contributed by atoms with van der Waals surface area (Å²) >= 11 is 0. The van der Waals surface area contributed by atoms with Gasteiger partial charge >= 0.3 is 0 Å². The van der Waals surface area contributed by atoms with Gasteiger partial charge in [-0.25, -0.2) is 0 Å². The largest absolute Gasteiger partial charge is 0.497 e. The van der Waals surface area contributed by atoms with Gasteiger partial charge in [-0.05, 0) is 83.0 Å². The van der Waals surface area contributed by atoms with Crippen LogP contribution in [0.5, 0.6) is 11.5 Å². The van der Waals surface area contributed by atoms with Crippen molar-refractivity contribution in [1.82, 2.24) is 0 Å². The SMILES string of the molecule is COc1ccc(C2=Cc3ccc(OC)cc3[C@@H]3CC(C)(C)CC[C@H]23)cc1. The third-order valence-corrected chi connectivity index (χ3v) is 6.22. The molecule has 2 nitrogen and oxygen atoms in total. The maximum absolute atomic E-state index is 5.51. The van der Waals surface area contributed by atoms with Crippen LogP contribution in [0.25, 0.3) is 11.6 Å². The van der Waals surface area contributed by atoms with Crippen LogP contribution in [0.1, 0.15) is 55.7 Å². The Labute approximate surface area is 156 Å². The highest BCUT2D eigenvalue weighted by molar-refractivity contribution is 5.87. The maximum atomic E-state index is 5.51. The first-order valence-electron chi connectivity index (χ1n) is 9.55. The van der Waals surface area contributed by atoms with Gasteiger partial charge in [-0.1, -0.05) is 38.1 Å². The van der Waals surface area contributed by atoms with Crippen LogP contribution in [0.3, 0.4) is 0 Å². The molecule has 0 aliphatic heterocycles. The van der Waals surface area contributed by atoms with E-state index in [1.54, 1.807) is 14.2 Å². The Kier molecular flexibility index (Phi) is 4.30. The summed E-state index contributed by atoms with van der Waals surface area (Å²) in [7, 11) is 3.48. The molecule has 2 heteroatoms. The van der Waals surface area contributed by atoms with Gasteiger partial charge in [0.05, 0.1) is 14.2 Å². The van der Waals surface area contributed by atoms with Crippen LogP contribution in [0.4, 0.5) is 0 Å². The normalized spacial score (nSPS) is 23.5. The highest BCUT2D eigenvalue weighted by atomic mass is 16.5. The number of rotatable bonds is 3. The van der Waals surface area contributed by atoms with Crippen LogP contribution < -0.4 is 9.47 Å². The van der Waals surface area contributed by atoms with Crippen molar-refractivity contribution in [3.05, 3.63) is 59.2 Å². The monoisotopic (exact) mass is 348 g/mol. The number of hydrogen-bond donors (Lipinski definition) is 0. The van der Waals surface area contributed by atoms with E-state index in [0.717, 1.165) is 11.5 Å². The second-order valence-electron chi connectivity index (χ2n) is 8.44. The summed E-state index contributed by atoms with van der Waals surface area (Å²) in [5.41, 5.74) is 5.99. The molecular weight excluding hydrogens is 320 g/mol. The molecule has 2 aromatic rings. The Bertz CT molecular complexity index is 830. The van der Waals surface area contributed by atoms with E-state index in [-0.39, 0.29) is 0 Å². The average Bonchev–Trinajstić information content (AvgIpc) is 2.66. The van der Waals surface area contributed by atoms with Crippen LogP contribution >= 0.6 is 0 Å². The first-order valence-corrected chi connectivity index (χ1v) is 9.55. The third kappa shape index (κ3) is 3.02. The van der Waals surface area contributed by atoms with E-state index in [9.17, 15) is 0 Å². The van der Waals surface area contributed by atoms with E-state index in [1.807, 2.05) is 0 Å². The average molecular weight is 348 g/mol. The molecule has 0 saturated heterocycles. The van der Waals surface area contributed by atoms with Gasteiger partial charge in [0.25, 0.3) is 0 Å². The summed E-state index contributed by atoms with van der Waals surface area (Å²) < 4.78 is 10.9. The van der Waals surface area contributed by atoms with Gasteiger partial charge in [0.1, 0.15) is 11.5 Å². The molecule has 0 unspecified atom stereocenters. The molecule has 1 saturated carbocycles. The molecule has 0 spiro atoms. The van der Waals surface area contributed by atoms with Crippen LogP contribution in [0.2, 0.25) is 0 Å². The zero-order valence-electron chi connectivity index (χ0n) is 16.2. The van der Waals surface area contributed by atoms with Gasteiger partial charge in [-0.3, -0.25) is 0 Å². The Morgan fingerprint density at radius 2 is 1.58 bits per heavy atom. The highest BCUT2D eigenvalue weighted by Crippen LogP contribution is 2.55. The molecule has 0 bridgehead atoms. The van der Waals surface area contributed by atoms with Crippen molar-refractivity contribution in [3.8, 4) is 11.5 Å².